The van der Waals surface area contributed by atoms with Crippen molar-refractivity contribution in [1.29, 1.82) is 0 Å². The van der Waals surface area contributed by atoms with Gasteiger partial charge in [-0.3, -0.25) is 0 Å². The summed E-state index contributed by atoms with van der Waals surface area (Å²) in [5.41, 5.74) is 0.756. The van der Waals surface area contributed by atoms with Gasteiger partial charge >= 0.3 is 6.18 Å². The molecule has 19 heavy (non-hydrogen) atoms. The Balaban J connectivity index is 2.31. The third kappa shape index (κ3) is 3.70. The predicted octanol–water partition coefficient (Wildman–Crippen LogP) is 4.89. The van der Waals surface area contributed by atoms with E-state index in [0.717, 1.165) is 22.1 Å². The van der Waals surface area contributed by atoms with Crippen molar-refractivity contribution in [2.24, 2.45) is 0 Å². The van der Waals surface area contributed by atoms with Crippen molar-refractivity contribution in [3.8, 4) is 0 Å². The van der Waals surface area contributed by atoms with Crippen molar-refractivity contribution in [1.82, 2.24) is 5.32 Å². The molecular weight excluding hydrogens is 271 g/mol. The Morgan fingerprint density at radius 1 is 1.26 bits per heavy atom. The number of rotatable bonds is 5. The van der Waals surface area contributed by atoms with Gasteiger partial charge in [0.2, 0.25) is 0 Å². The van der Waals surface area contributed by atoms with E-state index in [1.54, 1.807) is 0 Å². The van der Waals surface area contributed by atoms with Gasteiger partial charge in [-0.15, -0.1) is 11.3 Å². The molecule has 1 aromatic heterocycles. The topological polar surface area (TPSA) is 12.0 Å². The van der Waals surface area contributed by atoms with E-state index in [0.29, 0.717) is 6.54 Å². The Morgan fingerprint density at radius 3 is 2.68 bits per heavy atom. The fourth-order valence-corrected chi connectivity index (χ4v) is 3.13. The van der Waals surface area contributed by atoms with Crippen LogP contribution >= 0.6 is 11.3 Å². The van der Waals surface area contributed by atoms with E-state index >= 15 is 0 Å². The van der Waals surface area contributed by atoms with Crippen LogP contribution < -0.4 is 5.32 Å². The maximum atomic E-state index is 12.7. The predicted molar refractivity (Wildman–Crippen MR) is 73.5 cm³/mol. The van der Waals surface area contributed by atoms with Gasteiger partial charge in [-0.1, -0.05) is 25.1 Å². The van der Waals surface area contributed by atoms with Crippen LogP contribution in [0.1, 0.15) is 31.4 Å². The molecule has 0 aliphatic heterocycles. The highest BCUT2D eigenvalue weighted by Crippen LogP contribution is 2.36. The fourth-order valence-electron chi connectivity index (χ4n) is 2.11. The van der Waals surface area contributed by atoms with E-state index < -0.39 is 18.6 Å². The normalized spacial score (nSPS) is 13.9. The molecule has 2 aromatic rings. The smallest absolute Gasteiger partial charge is 0.310 e. The van der Waals surface area contributed by atoms with Crippen LogP contribution in [0.5, 0.6) is 0 Å². The first kappa shape index (κ1) is 14.3. The lowest BCUT2D eigenvalue weighted by molar-refractivity contribution is -0.140. The third-order valence-electron chi connectivity index (χ3n) is 2.96. The maximum absolute atomic E-state index is 12.7. The van der Waals surface area contributed by atoms with E-state index in [-0.39, 0.29) is 0 Å². The average Bonchev–Trinajstić information content (AvgIpc) is 2.77. The molecule has 104 valence electrons. The Kier molecular flexibility index (Phi) is 4.47. The zero-order chi connectivity index (χ0) is 13.9. The number of halogens is 3. The Bertz CT molecular complexity index is 533. The summed E-state index contributed by atoms with van der Waals surface area (Å²) < 4.78 is 39.1. The summed E-state index contributed by atoms with van der Waals surface area (Å²) in [6.07, 6.45) is -4.17. The molecule has 1 atom stereocenters. The molecule has 2 rings (SSSR count). The number of hydrogen-bond donors (Lipinski definition) is 1. The number of hydrogen-bond acceptors (Lipinski definition) is 2. The minimum absolute atomic E-state index is 0.588. The zero-order valence-electron chi connectivity index (χ0n) is 10.6. The highest BCUT2D eigenvalue weighted by molar-refractivity contribution is 7.17. The summed E-state index contributed by atoms with van der Waals surface area (Å²) in [6.45, 7) is 2.54. The van der Waals surface area contributed by atoms with Crippen LogP contribution in [0.3, 0.4) is 0 Å². The summed E-state index contributed by atoms with van der Waals surface area (Å²) in [5, 5.41) is 5.77. The van der Waals surface area contributed by atoms with Gasteiger partial charge in [0, 0.05) is 10.7 Å². The van der Waals surface area contributed by atoms with Crippen LogP contribution in [0, 0.1) is 0 Å². The number of benzene rings is 1. The standard InChI is InChI=1S/C14H16F3NS/c1-2-7-18-12(8-14(15,16)17)11-9-19-13-6-4-3-5-10(11)13/h3-6,9,12,18H,2,7-8H2,1H3. The monoisotopic (exact) mass is 287 g/mol. The lowest BCUT2D eigenvalue weighted by Crippen LogP contribution is -2.27. The van der Waals surface area contributed by atoms with Crippen LogP contribution in [0.4, 0.5) is 13.2 Å². The molecular formula is C14H16F3NS. The van der Waals surface area contributed by atoms with E-state index in [1.807, 2.05) is 36.6 Å². The molecule has 0 saturated heterocycles. The van der Waals surface area contributed by atoms with Crippen LogP contribution in [-0.4, -0.2) is 12.7 Å². The van der Waals surface area contributed by atoms with E-state index in [2.05, 4.69) is 5.32 Å². The van der Waals surface area contributed by atoms with Gasteiger partial charge in [0.25, 0.3) is 0 Å². The average molecular weight is 287 g/mol. The molecule has 0 aliphatic rings. The lowest BCUT2D eigenvalue weighted by atomic mass is 10.0. The zero-order valence-corrected chi connectivity index (χ0v) is 11.4. The largest absolute Gasteiger partial charge is 0.390 e. The number of alkyl halides is 3. The van der Waals surface area contributed by atoms with Gasteiger partial charge in [-0.25, -0.2) is 0 Å². The highest BCUT2D eigenvalue weighted by Gasteiger charge is 2.33. The highest BCUT2D eigenvalue weighted by atomic mass is 32.1. The third-order valence-corrected chi connectivity index (χ3v) is 3.94. The molecule has 5 heteroatoms. The Hall–Kier alpha value is -1.07. The molecule has 1 nitrogen and oxygen atoms in total. The van der Waals surface area contributed by atoms with Crippen molar-refractivity contribution in [2.75, 3.05) is 6.54 Å². The summed E-state index contributed by atoms with van der Waals surface area (Å²) in [4.78, 5) is 0. The van der Waals surface area contributed by atoms with Crippen molar-refractivity contribution in [2.45, 2.75) is 32.0 Å². The van der Waals surface area contributed by atoms with Crippen LogP contribution in [0.15, 0.2) is 29.6 Å². The first-order chi connectivity index (χ1) is 9.01. The second-order valence-electron chi connectivity index (χ2n) is 4.51. The van der Waals surface area contributed by atoms with E-state index in [4.69, 9.17) is 0 Å². The van der Waals surface area contributed by atoms with Crippen molar-refractivity contribution in [3.05, 3.63) is 35.2 Å². The van der Waals surface area contributed by atoms with Crippen LogP contribution in [0.2, 0.25) is 0 Å². The van der Waals surface area contributed by atoms with Gasteiger partial charge in [-0.2, -0.15) is 13.2 Å². The summed E-state index contributed by atoms with van der Waals surface area (Å²) in [5.74, 6) is 0. The van der Waals surface area contributed by atoms with Gasteiger partial charge in [0.1, 0.15) is 0 Å². The first-order valence-corrected chi connectivity index (χ1v) is 7.15. The molecule has 0 amide bonds. The minimum Gasteiger partial charge on any atom is -0.310 e. The Labute approximate surface area is 114 Å². The lowest BCUT2D eigenvalue weighted by Gasteiger charge is -2.20. The first-order valence-electron chi connectivity index (χ1n) is 6.27. The van der Waals surface area contributed by atoms with E-state index in [9.17, 15) is 13.2 Å². The molecule has 0 bridgehead atoms. The molecule has 0 aliphatic carbocycles. The number of thiophene rings is 1. The van der Waals surface area contributed by atoms with Gasteiger partial charge in [0.15, 0.2) is 0 Å². The molecule has 1 unspecified atom stereocenters. The second kappa shape index (κ2) is 5.92. The second-order valence-corrected chi connectivity index (χ2v) is 5.42. The fraction of sp³-hybridized carbons (Fsp3) is 0.429. The molecule has 1 N–H and O–H groups in total. The minimum atomic E-state index is -4.16. The van der Waals surface area contributed by atoms with Gasteiger partial charge < -0.3 is 5.32 Å². The summed E-state index contributed by atoms with van der Waals surface area (Å²) in [7, 11) is 0. The van der Waals surface area contributed by atoms with Crippen LogP contribution in [0.25, 0.3) is 10.1 Å². The SMILES string of the molecule is CCCNC(CC(F)(F)F)c1csc2ccccc12. The molecule has 1 aromatic carbocycles. The molecule has 0 radical (unpaired) electrons. The number of fused-ring (bicyclic) bond motifs is 1. The number of nitrogens with one attached hydrogen (secondary N) is 1. The van der Waals surface area contributed by atoms with Gasteiger partial charge in [-0.05, 0) is 35.4 Å². The van der Waals surface area contributed by atoms with Crippen molar-refractivity contribution in [3.63, 3.8) is 0 Å². The van der Waals surface area contributed by atoms with E-state index in [1.165, 1.54) is 11.3 Å². The molecule has 0 spiro atoms. The van der Waals surface area contributed by atoms with Crippen molar-refractivity contribution >= 4 is 21.4 Å². The van der Waals surface area contributed by atoms with Gasteiger partial charge in [0.05, 0.1) is 6.42 Å². The molecule has 0 fully saturated rings. The molecule has 0 saturated carbocycles. The summed E-state index contributed by atoms with van der Waals surface area (Å²) in [6, 6.07) is 6.94. The Morgan fingerprint density at radius 2 is 2.00 bits per heavy atom. The summed E-state index contributed by atoms with van der Waals surface area (Å²) >= 11 is 1.49. The van der Waals surface area contributed by atoms with Crippen molar-refractivity contribution < 1.29 is 13.2 Å². The quantitative estimate of drug-likeness (QED) is 0.825. The maximum Gasteiger partial charge on any atom is 0.390 e. The van der Waals surface area contributed by atoms with Crippen LogP contribution in [-0.2, 0) is 0 Å². The molecule has 1 heterocycles.